The third-order valence-electron chi connectivity index (χ3n) is 4.56. The molecule has 0 saturated carbocycles. The zero-order valence-electron chi connectivity index (χ0n) is 17.3. The summed E-state index contributed by atoms with van der Waals surface area (Å²) >= 11 is 7.46. The number of carbonyl (C=O) groups excluding carboxylic acids is 1. The molecule has 0 radical (unpaired) electrons. The average Bonchev–Trinajstić information content (AvgIpc) is 2.74. The lowest BCUT2D eigenvalue weighted by atomic mass is 10.2. The number of nitrogens with one attached hydrogen (secondary N) is 1. The van der Waals surface area contributed by atoms with Crippen molar-refractivity contribution in [2.45, 2.75) is 17.2 Å². The van der Waals surface area contributed by atoms with Crippen LogP contribution in [0.4, 0.5) is 10.1 Å². The Balaban J connectivity index is 1.69. The van der Waals surface area contributed by atoms with Gasteiger partial charge < -0.3 is 5.32 Å². The molecule has 0 atom stereocenters. The summed E-state index contributed by atoms with van der Waals surface area (Å²) in [6.45, 7) is -0.657. The number of rotatable bonds is 9. The Labute approximate surface area is 196 Å². The summed E-state index contributed by atoms with van der Waals surface area (Å²) in [6, 6.07) is 20.7. The lowest BCUT2D eigenvalue weighted by molar-refractivity contribution is -0.116. The molecule has 0 spiro atoms. The molecule has 3 aromatic rings. The van der Waals surface area contributed by atoms with E-state index in [0.29, 0.717) is 16.5 Å². The van der Waals surface area contributed by atoms with Crippen LogP contribution in [0.3, 0.4) is 0 Å². The Bertz CT molecular complexity index is 1190. The van der Waals surface area contributed by atoms with Gasteiger partial charge in [0, 0.05) is 27.8 Å². The number of para-hydroxylation sites is 1. The fourth-order valence-electron chi connectivity index (χ4n) is 2.89. The Morgan fingerprint density at radius 3 is 2.38 bits per heavy atom. The number of sulfonamides is 1. The Morgan fingerprint density at radius 2 is 1.69 bits per heavy atom. The quantitative estimate of drug-likeness (QED) is 0.418. The standard InChI is InChI=1S/C23H22ClFN2O3S2/c1-32(29,30)27(14-18-6-2-3-7-20(18)25)15-23(28)26-21-8-4-5-9-22(21)31-16-17-10-12-19(24)13-11-17/h2-13H,14-16H2,1H3,(H,26,28). The van der Waals surface area contributed by atoms with Gasteiger partial charge in [-0.3, -0.25) is 4.79 Å². The molecule has 168 valence electrons. The third kappa shape index (κ3) is 7.06. The lowest BCUT2D eigenvalue weighted by Gasteiger charge is -2.20. The molecule has 0 aliphatic rings. The SMILES string of the molecule is CS(=O)(=O)N(CC(=O)Nc1ccccc1SCc1ccc(Cl)cc1)Cc1ccccc1F. The van der Waals surface area contributed by atoms with Gasteiger partial charge in [-0.2, -0.15) is 4.31 Å². The molecule has 0 aromatic heterocycles. The molecular weight excluding hydrogens is 471 g/mol. The highest BCUT2D eigenvalue weighted by atomic mass is 35.5. The number of benzene rings is 3. The maximum absolute atomic E-state index is 14.0. The first-order valence-corrected chi connectivity index (χ1v) is 12.9. The number of halogens is 2. The molecule has 3 aromatic carbocycles. The topological polar surface area (TPSA) is 66.5 Å². The van der Waals surface area contributed by atoms with Crippen LogP contribution in [0, 0.1) is 5.82 Å². The van der Waals surface area contributed by atoms with Crippen molar-refractivity contribution in [3.63, 3.8) is 0 Å². The molecule has 0 heterocycles. The lowest BCUT2D eigenvalue weighted by Crippen LogP contribution is -2.37. The van der Waals surface area contributed by atoms with Gasteiger partial charge in [0.1, 0.15) is 5.82 Å². The van der Waals surface area contributed by atoms with Crippen LogP contribution in [-0.4, -0.2) is 31.4 Å². The second kappa shape index (κ2) is 11.0. The molecule has 0 aliphatic heterocycles. The van der Waals surface area contributed by atoms with Gasteiger partial charge in [0.15, 0.2) is 0 Å². The van der Waals surface area contributed by atoms with Gasteiger partial charge in [0.2, 0.25) is 15.9 Å². The summed E-state index contributed by atoms with van der Waals surface area (Å²) in [4.78, 5) is 13.5. The van der Waals surface area contributed by atoms with Crippen molar-refractivity contribution in [3.8, 4) is 0 Å². The predicted octanol–water partition coefficient (Wildman–Crippen LogP) is 5.17. The molecule has 32 heavy (non-hydrogen) atoms. The van der Waals surface area contributed by atoms with Crippen LogP contribution < -0.4 is 5.32 Å². The first-order chi connectivity index (χ1) is 15.2. The molecular formula is C23H22ClFN2O3S2. The maximum Gasteiger partial charge on any atom is 0.239 e. The summed E-state index contributed by atoms with van der Waals surface area (Å²) in [7, 11) is -3.74. The summed E-state index contributed by atoms with van der Waals surface area (Å²) < 4.78 is 39.3. The molecule has 0 saturated heterocycles. The summed E-state index contributed by atoms with van der Waals surface area (Å²) in [5, 5.41) is 3.44. The molecule has 0 bridgehead atoms. The fourth-order valence-corrected chi connectivity index (χ4v) is 4.71. The van der Waals surface area contributed by atoms with Gasteiger partial charge in [-0.05, 0) is 35.9 Å². The number of anilines is 1. The summed E-state index contributed by atoms with van der Waals surface area (Å²) in [6.07, 6.45) is 0.997. The zero-order valence-corrected chi connectivity index (χ0v) is 19.7. The van der Waals surface area contributed by atoms with Crippen molar-refractivity contribution in [1.29, 1.82) is 0 Å². The number of nitrogens with zero attached hydrogens (tertiary/aromatic N) is 1. The molecule has 1 amide bonds. The van der Waals surface area contributed by atoms with Gasteiger partial charge in [-0.25, -0.2) is 12.8 Å². The number of thioether (sulfide) groups is 1. The van der Waals surface area contributed by atoms with Crippen LogP contribution in [0.25, 0.3) is 0 Å². The van der Waals surface area contributed by atoms with Gasteiger partial charge in [0.05, 0.1) is 18.5 Å². The Kier molecular flexibility index (Phi) is 8.31. The minimum absolute atomic E-state index is 0.199. The largest absolute Gasteiger partial charge is 0.324 e. The predicted molar refractivity (Wildman–Crippen MR) is 128 cm³/mol. The van der Waals surface area contributed by atoms with E-state index >= 15 is 0 Å². The number of carbonyl (C=O) groups is 1. The van der Waals surface area contributed by atoms with Crippen molar-refractivity contribution in [3.05, 3.63) is 94.8 Å². The van der Waals surface area contributed by atoms with E-state index in [0.717, 1.165) is 21.0 Å². The molecule has 0 aliphatic carbocycles. The average molecular weight is 493 g/mol. The van der Waals surface area contributed by atoms with Crippen LogP contribution in [0.1, 0.15) is 11.1 Å². The second-order valence-corrected chi connectivity index (χ2v) is 10.5. The molecule has 0 fully saturated rings. The molecule has 0 unspecified atom stereocenters. The van der Waals surface area contributed by atoms with Gasteiger partial charge >= 0.3 is 0 Å². The minimum Gasteiger partial charge on any atom is -0.324 e. The molecule has 5 nitrogen and oxygen atoms in total. The smallest absolute Gasteiger partial charge is 0.239 e. The highest BCUT2D eigenvalue weighted by Gasteiger charge is 2.22. The first-order valence-electron chi connectivity index (χ1n) is 9.67. The van der Waals surface area contributed by atoms with Crippen LogP contribution in [0.2, 0.25) is 5.02 Å². The Hall–Kier alpha value is -2.39. The van der Waals surface area contributed by atoms with Crippen molar-refractivity contribution in [2.24, 2.45) is 0 Å². The van der Waals surface area contributed by atoms with E-state index in [4.69, 9.17) is 11.6 Å². The van der Waals surface area contributed by atoms with E-state index in [1.165, 1.54) is 30.0 Å². The van der Waals surface area contributed by atoms with Crippen LogP contribution in [0.15, 0.2) is 77.7 Å². The van der Waals surface area contributed by atoms with E-state index in [9.17, 15) is 17.6 Å². The van der Waals surface area contributed by atoms with E-state index in [-0.39, 0.29) is 12.1 Å². The van der Waals surface area contributed by atoms with E-state index in [2.05, 4.69) is 5.32 Å². The van der Waals surface area contributed by atoms with E-state index in [1.807, 2.05) is 36.4 Å². The number of hydrogen-bond acceptors (Lipinski definition) is 4. The van der Waals surface area contributed by atoms with E-state index in [1.54, 1.807) is 18.2 Å². The second-order valence-electron chi connectivity index (χ2n) is 7.08. The minimum atomic E-state index is -3.74. The molecule has 3 rings (SSSR count). The van der Waals surface area contributed by atoms with Gasteiger partial charge in [-0.15, -0.1) is 11.8 Å². The van der Waals surface area contributed by atoms with Gasteiger partial charge in [-0.1, -0.05) is 54.1 Å². The zero-order chi connectivity index (χ0) is 23.1. The third-order valence-corrected chi connectivity index (χ3v) is 7.16. The van der Waals surface area contributed by atoms with Crippen molar-refractivity contribution >= 4 is 45.0 Å². The fraction of sp³-hybridized carbons (Fsp3) is 0.174. The van der Waals surface area contributed by atoms with Crippen molar-refractivity contribution in [2.75, 3.05) is 18.1 Å². The molecule has 1 N–H and O–H groups in total. The van der Waals surface area contributed by atoms with Crippen molar-refractivity contribution < 1.29 is 17.6 Å². The summed E-state index contributed by atoms with van der Waals surface area (Å²) in [5.41, 5.74) is 1.86. The monoisotopic (exact) mass is 492 g/mol. The van der Waals surface area contributed by atoms with Gasteiger partial charge in [0.25, 0.3) is 0 Å². The van der Waals surface area contributed by atoms with Crippen LogP contribution in [0.5, 0.6) is 0 Å². The summed E-state index contributed by atoms with van der Waals surface area (Å²) in [5.74, 6) is -0.357. The molecule has 9 heteroatoms. The number of amides is 1. The van der Waals surface area contributed by atoms with Crippen molar-refractivity contribution in [1.82, 2.24) is 4.31 Å². The number of hydrogen-bond donors (Lipinski definition) is 1. The van der Waals surface area contributed by atoms with Crippen LogP contribution in [-0.2, 0) is 27.1 Å². The Morgan fingerprint density at radius 1 is 1.03 bits per heavy atom. The first kappa shape index (κ1) is 24.3. The van der Waals surface area contributed by atoms with Crippen LogP contribution >= 0.6 is 23.4 Å². The highest BCUT2D eigenvalue weighted by Crippen LogP contribution is 2.30. The maximum atomic E-state index is 14.0. The van der Waals surface area contributed by atoms with E-state index < -0.39 is 28.3 Å². The normalized spacial score (nSPS) is 11.5. The highest BCUT2D eigenvalue weighted by molar-refractivity contribution is 7.98.